The van der Waals surface area contributed by atoms with Crippen LogP contribution in [0.25, 0.3) is 0 Å². The Morgan fingerprint density at radius 2 is 1.73 bits per heavy atom. The molecule has 0 radical (unpaired) electrons. The van der Waals surface area contributed by atoms with Crippen LogP contribution in [-0.4, -0.2) is 15.8 Å². The van der Waals surface area contributed by atoms with Crippen LogP contribution >= 0.6 is 7.75 Å². The molecule has 86 valence electrons. The minimum Gasteiger partial charge on any atom is -0.328 e. The molecule has 0 aliphatic rings. The zero-order valence-corrected chi connectivity index (χ0v) is 9.47. The van der Waals surface area contributed by atoms with Crippen LogP contribution in [0.15, 0.2) is 30.3 Å². The van der Waals surface area contributed by atoms with E-state index >= 15 is 0 Å². The zero-order chi connectivity index (χ0) is 11.9. The Labute approximate surface area is 89.3 Å². The molecule has 15 heavy (non-hydrogen) atoms. The molecule has 5 nitrogen and oxygen atoms in total. The van der Waals surface area contributed by atoms with Crippen molar-refractivity contribution >= 4 is 7.75 Å². The lowest BCUT2D eigenvalue weighted by Crippen LogP contribution is -2.17. The highest BCUT2D eigenvalue weighted by Gasteiger charge is 1.96. The van der Waals surface area contributed by atoms with E-state index in [2.05, 4.69) is 17.6 Å². The Morgan fingerprint density at radius 3 is 2.07 bits per heavy atom. The first-order chi connectivity index (χ1) is 6.79. The smallest absolute Gasteiger partial charge is 0.328 e. The van der Waals surface area contributed by atoms with Crippen molar-refractivity contribution in [3.8, 4) is 0 Å². The molecule has 1 rings (SSSR count). The van der Waals surface area contributed by atoms with Gasteiger partial charge in [0, 0.05) is 6.04 Å². The van der Waals surface area contributed by atoms with Crippen LogP contribution in [0.4, 0.5) is 0 Å². The lowest BCUT2D eigenvalue weighted by molar-refractivity contribution is 0.374. The zero-order valence-electron chi connectivity index (χ0n) is 8.58. The van der Waals surface area contributed by atoms with Gasteiger partial charge in [-0.15, -0.1) is 0 Å². The molecule has 6 heteroatoms. The molecule has 6 N–H and O–H groups in total. The number of benzene rings is 1. The molecule has 0 saturated heterocycles. The lowest BCUT2D eigenvalue weighted by atomic mass is 10.1. The fraction of sp³-hybridized carbons (Fsp3) is 0.333. The molecule has 0 aliphatic heterocycles. The highest BCUT2D eigenvalue weighted by molar-refractivity contribution is 7.49. The van der Waals surface area contributed by atoms with Crippen molar-refractivity contribution in [3.05, 3.63) is 35.9 Å². The van der Waals surface area contributed by atoms with Crippen LogP contribution in [0.5, 0.6) is 0 Å². The maximum absolute atomic E-state index is 9.10. The van der Waals surface area contributed by atoms with Gasteiger partial charge in [0.15, 0.2) is 0 Å². The highest BCUT2D eigenvalue weighted by atomic mass is 31.2. The second-order valence-corrected chi connectivity index (χ2v) is 4.43. The third kappa shape index (κ3) is 13.3. The van der Waals surface area contributed by atoms with Crippen LogP contribution < -0.4 is 11.2 Å². The third-order valence-electron chi connectivity index (χ3n) is 1.40. The van der Waals surface area contributed by atoms with Gasteiger partial charge in [0.05, 0.1) is 0 Å². The largest absolute Gasteiger partial charge is 0.397 e. The molecule has 0 unspecified atom stereocenters. The van der Waals surface area contributed by atoms with Gasteiger partial charge < -0.3 is 15.5 Å². The summed E-state index contributed by atoms with van der Waals surface area (Å²) in [4.78, 5) is 14.8. The van der Waals surface area contributed by atoms with E-state index < -0.39 is 7.75 Å². The van der Waals surface area contributed by atoms with Crippen LogP contribution in [0, 0.1) is 0 Å². The second kappa shape index (κ2) is 6.71. The highest BCUT2D eigenvalue weighted by Crippen LogP contribution is 2.20. The molecule has 0 saturated carbocycles. The number of nitrogens with two attached hydrogens (primary N) is 2. The van der Waals surface area contributed by atoms with Gasteiger partial charge >= 0.3 is 7.75 Å². The van der Waals surface area contributed by atoms with Crippen LogP contribution in [0.2, 0.25) is 0 Å². The first-order valence-corrected chi connectivity index (χ1v) is 6.11. The van der Waals surface area contributed by atoms with E-state index in [1.165, 1.54) is 5.56 Å². The molecule has 0 aliphatic carbocycles. The van der Waals surface area contributed by atoms with E-state index in [0.717, 1.165) is 6.42 Å². The topological polar surface area (TPSA) is 110 Å². The van der Waals surface area contributed by atoms with Crippen LogP contribution in [-0.2, 0) is 11.0 Å². The first-order valence-electron chi connectivity index (χ1n) is 4.42. The van der Waals surface area contributed by atoms with Gasteiger partial charge in [-0.25, -0.2) is 10.1 Å². The van der Waals surface area contributed by atoms with Gasteiger partial charge in [-0.2, -0.15) is 0 Å². The average Bonchev–Trinajstić information content (AvgIpc) is 2.01. The van der Waals surface area contributed by atoms with Crippen molar-refractivity contribution in [2.24, 2.45) is 11.2 Å². The summed E-state index contributed by atoms with van der Waals surface area (Å²) in [7, 11) is -4.14. The Hall–Kier alpha value is -0.710. The van der Waals surface area contributed by atoms with E-state index in [1.54, 1.807) is 0 Å². The van der Waals surface area contributed by atoms with Gasteiger partial charge in [0.1, 0.15) is 0 Å². The average molecular weight is 232 g/mol. The standard InChI is InChI=1S/C9H13N.H4NO3P/c1-8(10)7-9-5-3-2-4-6-9;1-5(2,3)4/h2-6,8H,7,10H2,1H3;(H4,1,2,3,4)/t8-;/m1./s1. The summed E-state index contributed by atoms with van der Waals surface area (Å²) in [5.74, 6) is 0. The summed E-state index contributed by atoms with van der Waals surface area (Å²) in [6.07, 6.45) is 0.973. The summed E-state index contributed by atoms with van der Waals surface area (Å²) in [6, 6.07) is 10.6. The van der Waals surface area contributed by atoms with E-state index in [0.29, 0.717) is 0 Å². The first kappa shape index (κ1) is 14.3. The number of rotatable bonds is 2. The molecule has 1 aromatic rings. The molecule has 0 amide bonds. The summed E-state index contributed by atoms with van der Waals surface area (Å²) in [6.45, 7) is 2.02. The van der Waals surface area contributed by atoms with E-state index in [-0.39, 0.29) is 6.04 Å². The summed E-state index contributed by atoms with van der Waals surface area (Å²) >= 11 is 0. The van der Waals surface area contributed by atoms with Crippen molar-refractivity contribution in [2.75, 3.05) is 0 Å². The maximum Gasteiger partial charge on any atom is 0.397 e. The molecular formula is C9H17N2O3P. The second-order valence-electron chi connectivity index (χ2n) is 3.26. The lowest BCUT2D eigenvalue weighted by Gasteiger charge is -2.02. The van der Waals surface area contributed by atoms with E-state index in [1.807, 2.05) is 25.1 Å². The number of hydrogen-bond donors (Lipinski definition) is 4. The SMILES string of the molecule is C[C@@H](N)Cc1ccccc1.NP(=O)(O)O. The Bertz CT molecular complexity index is 302. The Balaban J connectivity index is 0.000000336. The van der Waals surface area contributed by atoms with Crippen molar-refractivity contribution in [1.82, 2.24) is 0 Å². The molecular weight excluding hydrogens is 215 g/mol. The van der Waals surface area contributed by atoms with Crippen molar-refractivity contribution in [1.29, 1.82) is 0 Å². The molecule has 1 aromatic carbocycles. The van der Waals surface area contributed by atoms with E-state index in [4.69, 9.17) is 20.1 Å². The van der Waals surface area contributed by atoms with Gasteiger partial charge in [0.2, 0.25) is 0 Å². The predicted molar refractivity (Wildman–Crippen MR) is 60.0 cm³/mol. The fourth-order valence-electron chi connectivity index (χ4n) is 0.986. The van der Waals surface area contributed by atoms with Crippen LogP contribution in [0.3, 0.4) is 0 Å². The van der Waals surface area contributed by atoms with E-state index in [9.17, 15) is 0 Å². The van der Waals surface area contributed by atoms with Gasteiger partial charge in [-0.3, -0.25) is 0 Å². The molecule has 0 bridgehead atoms. The molecule has 0 aromatic heterocycles. The predicted octanol–water partition coefficient (Wildman–Crippen LogP) is 0.614. The summed E-state index contributed by atoms with van der Waals surface area (Å²) in [5, 5.41) is 0. The van der Waals surface area contributed by atoms with Crippen molar-refractivity contribution in [2.45, 2.75) is 19.4 Å². The monoisotopic (exact) mass is 232 g/mol. The third-order valence-corrected chi connectivity index (χ3v) is 1.40. The molecule has 0 spiro atoms. The van der Waals surface area contributed by atoms with Gasteiger partial charge in [0.25, 0.3) is 0 Å². The Kier molecular flexibility index (Phi) is 6.40. The van der Waals surface area contributed by atoms with Gasteiger partial charge in [-0.05, 0) is 18.9 Å². The molecule has 1 atom stereocenters. The quantitative estimate of drug-likeness (QED) is 0.558. The maximum atomic E-state index is 9.10. The fourth-order valence-corrected chi connectivity index (χ4v) is 0.986. The number of hydrogen-bond acceptors (Lipinski definition) is 2. The molecule has 0 heterocycles. The minimum absolute atomic E-state index is 0.266. The van der Waals surface area contributed by atoms with Gasteiger partial charge in [-0.1, -0.05) is 30.3 Å². The van der Waals surface area contributed by atoms with Crippen molar-refractivity contribution < 1.29 is 14.4 Å². The molecule has 0 fully saturated rings. The minimum atomic E-state index is -4.14. The Morgan fingerprint density at radius 1 is 1.33 bits per heavy atom. The van der Waals surface area contributed by atoms with Crippen LogP contribution in [0.1, 0.15) is 12.5 Å². The normalized spacial score (nSPS) is 12.6. The van der Waals surface area contributed by atoms with Crippen molar-refractivity contribution in [3.63, 3.8) is 0 Å². The summed E-state index contributed by atoms with van der Waals surface area (Å²) < 4.78 is 9.10. The summed E-state index contributed by atoms with van der Waals surface area (Å²) in [5.41, 5.74) is 11.0.